The molecule has 6 heteroatoms. The SMILES string of the molecule is CC(c1ccco1)N1CCC(N2C(=O)CNC2=O)CC1. The largest absolute Gasteiger partial charge is 0.468 e. The summed E-state index contributed by atoms with van der Waals surface area (Å²) in [4.78, 5) is 27.1. The molecule has 3 heterocycles. The molecule has 0 saturated carbocycles. The predicted octanol–water partition coefficient (Wildman–Crippen LogP) is 1.36. The van der Waals surface area contributed by atoms with Crippen LogP contribution in [0.2, 0.25) is 0 Å². The second-order valence-corrected chi connectivity index (χ2v) is 5.38. The van der Waals surface area contributed by atoms with E-state index in [0.717, 1.165) is 31.7 Å². The van der Waals surface area contributed by atoms with Crippen molar-refractivity contribution in [3.8, 4) is 0 Å². The van der Waals surface area contributed by atoms with Crippen LogP contribution in [0.15, 0.2) is 22.8 Å². The molecule has 0 radical (unpaired) electrons. The zero-order valence-corrected chi connectivity index (χ0v) is 11.5. The van der Waals surface area contributed by atoms with Crippen molar-refractivity contribution in [3.63, 3.8) is 0 Å². The lowest BCUT2D eigenvalue weighted by Crippen LogP contribution is -2.48. The van der Waals surface area contributed by atoms with Gasteiger partial charge in [0.1, 0.15) is 5.76 Å². The van der Waals surface area contributed by atoms with Crippen molar-refractivity contribution >= 4 is 11.9 Å². The van der Waals surface area contributed by atoms with E-state index in [4.69, 9.17) is 4.42 Å². The van der Waals surface area contributed by atoms with Gasteiger partial charge < -0.3 is 9.73 Å². The van der Waals surface area contributed by atoms with E-state index >= 15 is 0 Å². The molecule has 1 aromatic heterocycles. The van der Waals surface area contributed by atoms with Crippen LogP contribution in [0.4, 0.5) is 4.79 Å². The number of furan rings is 1. The first-order valence-corrected chi connectivity index (χ1v) is 7.04. The second kappa shape index (κ2) is 5.28. The molecule has 2 fully saturated rings. The molecule has 2 aliphatic heterocycles. The number of rotatable bonds is 3. The quantitative estimate of drug-likeness (QED) is 0.847. The van der Waals surface area contributed by atoms with E-state index in [2.05, 4.69) is 17.1 Å². The van der Waals surface area contributed by atoms with Gasteiger partial charge in [-0.3, -0.25) is 14.6 Å². The molecule has 3 amide bonds. The Hall–Kier alpha value is -1.82. The lowest BCUT2D eigenvalue weighted by atomic mass is 10.0. The summed E-state index contributed by atoms with van der Waals surface area (Å²) >= 11 is 0. The molecule has 1 unspecified atom stereocenters. The van der Waals surface area contributed by atoms with E-state index < -0.39 is 0 Å². The van der Waals surface area contributed by atoms with Crippen LogP contribution in [0.25, 0.3) is 0 Å². The molecule has 2 aliphatic rings. The Morgan fingerprint density at radius 1 is 1.35 bits per heavy atom. The molecule has 20 heavy (non-hydrogen) atoms. The molecule has 0 bridgehead atoms. The third-order valence-corrected chi connectivity index (χ3v) is 4.25. The monoisotopic (exact) mass is 277 g/mol. The highest BCUT2D eigenvalue weighted by Gasteiger charge is 2.37. The van der Waals surface area contributed by atoms with Gasteiger partial charge in [-0.1, -0.05) is 0 Å². The fourth-order valence-electron chi connectivity index (χ4n) is 3.04. The number of nitrogens with zero attached hydrogens (tertiary/aromatic N) is 2. The van der Waals surface area contributed by atoms with Crippen LogP contribution >= 0.6 is 0 Å². The molecule has 0 aliphatic carbocycles. The summed E-state index contributed by atoms with van der Waals surface area (Å²) in [6.45, 7) is 3.99. The van der Waals surface area contributed by atoms with Gasteiger partial charge >= 0.3 is 6.03 Å². The molecular weight excluding hydrogens is 258 g/mol. The fraction of sp³-hybridized carbons (Fsp3) is 0.571. The number of carbonyl (C=O) groups is 2. The van der Waals surface area contributed by atoms with Gasteiger partial charge in [-0.15, -0.1) is 0 Å². The third-order valence-electron chi connectivity index (χ3n) is 4.25. The fourth-order valence-corrected chi connectivity index (χ4v) is 3.04. The number of amides is 3. The molecule has 2 saturated heterocycles. The number of likely N-dealkylation sites (tertiary alicyclic amines) is 1. The highest BCUT2D eigenvalue weighted by molar-refractivity contribution is 6.02. The number of hydrogen-bond acceptors (Lipinski definition) is 4. The van der Waals surface area contributed by atoms with E-state index in [1.165, 1.54) is 4.90 Å². The van der Waals surface area contributed by atoms with Gasteiger partial charge in [0.25, 0.3) is 0 Å². The standard InChI is InChI=1S/C14H19N3O3/c1-10(12-3-2-8-20-12)16-6-4-11(5-7-16)17-13(18)9-15-14(17)19/h2-3,8,10-11H,4-7,9H2,1H3,(H,15,19). The van der Waals surface area contributed by atoms with Crippen molar-refractivity contribution in [2.45, 2.75) is 31.8 Å². The van der Waals surface area contributed by atoms with E-state index in [1.807, 2.05) is 12.1 Å². The van der Waals surface area contributed by atoms with Gasteiger partial charge in [-0.05, 0) is 31.9 Å². The van der Waals surface area contributed by atoms with Crippen LogP contribution in [-0.4, -0.2) is 47.4 Å². The van der Waals surface area contributed by atoms with E-state index in [-0.39, 0.29) is 30.6 Å². The highest BCUT2D eigenvalue weighted by Crippen LogP contribution is 2.26. The van der Waals surface area contributed by atoms with Crippen molar-refractivity contribution in [1.29, 1.82) is 0 Å². The average molecular weight is 277 g/mol. The minimum absolute atomic E-state index is 0.0325. The first-order valence-electron chi connectivity index (χ1n) is 7.04. The number of carbonyl (C=O) groups excluding carboxylic acids is 2. The Morgan fingerprint density at radius 3 is 2.65 bits per heavy atom. The summed E-state index contributed by atoms with van der Waals surface area (Å²) in [5, 5.41) is 2.58. The second-order valence-electron chi connectivity index (χ2n) is 5.38. The summed E-state index contributed by atoms with van der Waals surface area (Å²) in [6, 6.07) is 3.90. The maximum Gasteiger partial charge on any atom is 0.324 e. The Balaban J connectivity index is 1.59. The van der Waals surface area contributed by atoms with Gasteiger partial charge in [0.05, 0.1) is 18.8 Å². The topological polar surface area (TPSA) is 65.8 Å². The molecule has 1 N–H and O–H groups in total. The van der Waals surface area contributed by atoms with Crippen LogP contribution in [-0.2, 0) is 4.79 Å². The van der Waals surface area contributed by atoms with Gasteiger partial charge in [-0.2, -0.15) is 0 Å². The molecule has 1 aromatic rings. The molecule has 1 atom stereocenters. The summed E-state index contributed by atoms with van der Waals surface area (Å²) in [5.41, 5.74) is 0. The lowest BCUT2D eigenvalue weighted by Gasteiger charge is -2.37. The van der Waals surface area contributed by atoms with Crippen LogP contribution in [0, 0.1) is 0 Å². The third kappa shape index (κ3) is 2.31. The van der Waals surface area contributed by atoms with E-state index in [9.17, 15) is 9.59 Å². The van der Waals surface area contributed by atoms with E-state index in [1.54, 1.807) is 6.26 Å². The minimum Gasteiger partial charge on any atom is -0.468 e. The van der Waals surface area contributed by atoms with E-state index in [0.29, 0.717) is 0 Å². The summed E-state index contributed by atoms with van der Waals surface area (Å²) in [6.07, 6.45) is 3.33. The predicted molar refractivity (Wildman–Crippen MR) is 72.0 cm³/mol. The molecule has 0 aromatic carbocycles. The Bertz CT molecular complexity index is 476. The lowest BCUT2D eigenvalue weighted by molar-refractivity contribution is -0.127. The maximum absolute atomic E-state index is 11.7. The van der Waals surface area contributed by atoms with Crippen molar-refractivity contribution < 1.29 is 14.0 Å². The van der Waals surface area contributed by atoms with Crippen LogP contribution < -0.4 is 5.32 Å². The summed E-state index contributed by atoms with van der Waals surface area (Å²) in [5.74, 6) is 0.853. The zero-order valence-electron chi connectivity index (χ0n) is 11.5. The van der Waals surface area contributed by atoms with Crippen molar-refractivity contribution in [3.05, 3.63) is 24.2 Å². The van der Waals surface area contributed by atoms with Crippen LogP contribution in [0.3, 0.4) is 0 Å². The Kier molecular flexibility index (Phi) is 3.48. The Labute approximate surface area is 117 Å². The summed E-state index contributed by atoms with van der Waals surface area (Å²) in [7, 11) is 0. The number of hydrogen-bond donors (Lipinski definition) is 1. The smallest absolute Gasteiger partial charge is 0.324 e. The number of nitrogens with one attached hydrogen (secondary N) is 1. The van der Waals surface area contributed by atoms with Gasteiger partial charge in [0.15, 0.2) is 0 Å². The molecule has 3 rings (SSSR count). The van der Waals surface area contributed by atoms with Crippen LogP contribution in [0.5, 0.6) is 0 Å². The average Bonchev–Trinajstić information content (AvgIpc) is 3.09. The van der Waals surface area contributed by atoms with Gasteiger partial charge in [-0.25, -0.2) is 4.79 Å². The number of piperidine rings is 1. The molecule has 6 nitrogen and oxygen atoms in total. The van der Waals surface area contributed by atoms with Crippen molar-refractivity contribution in [2.24, 2.45) is 0 Å². The zero-order chi connectivity index (χ0) is 14.1. The van der Waals surface area contributed by atoms with Crippen LogP contribution in [0.1, 0.15) is 31.6 Å². The van der Waals surface area contributed by atoms with Crippen molar-refractivity contribution in [2.75, 3.05) is 19.6 Å². The first-order chi connectivity index (χ1) is 9.66. The highest BCUT2D eigenvalue weighted by atomic mass is 16.3. The summed E-state index contributed by atoms with van der Waals surface area (Å²) < 4.78 is 5.44. The number of urea groups is 1. The maximum atomic E-state index is 11.7. The normalized spacial score (nSPS) is 23.1. The first kappa shape index (κ1) is 13.2. The van der Waals surface area contributed by atoms with Gasteiger partial charge in [0.2, 0.25) is 5.91 Å². The molecule has 108 valence electrons. The van der Waals surface area contributed by atoms with Gasteiger partial charge in [0, 0.05) is 19.1 Å². The minimum atomic E-state index is -0.243. The number of imide groups is 1. The molecule has 0 spiro atoms. The molecular formula is C14H19N3O3. The Morgan fingerprint density at radius 2 is 2.10 bits per heavy atom. The van der Waals surface area contributed by atoms with Crippen molar-refractivity contribution in [1.82, 2.24) is 15.1 Å².